The molecule has 1 aromatic carbocycles. The molecule has 0 atom stereocenters. The second kappa shape index (κ2) is 4.52. The predicted molar refractivity (Wildman–Crippen MR) is 69.0 cm³/mol. The van der Waals surface area contributed by atoms with Gasteiger partial charge < -0.3 is 11.1 Å². The molecule has 0 unspecified atom stereocenters. The van der Waals surface area contributed by atoms with Gasteiger partial charge in [-0.25, -0.2) is 8.42 Å². The fourth-order valence-corrected chi connectivity index (χ4v) is 2.57. The Hall–Kier alpha value is -1.71. The maximum Gasteiger partial charge on any atom is 0.257 e. The minimum absolute atomic E-state index is 0.0292. The van der Waals surface area contributed by atoms with E-state index in [-0.39, 0.29) is 22.3 Å². The minimum Gasteiger partial charge on any atom is -0.375 e. The first-order valence-electron chi connectivity index (χ1n) is 4.88. The number of fused-ring (bicyclic) bond motifs is 1. The molecule has 1 aromatic rings. The molecule has 0 radical (unpaired) electrons. The molecule has 0 fully saturated rings. The zero-order valence-corrected chi connectivity index (χ0v) is 10.7. The number of sulfonamides is 1. The highest BCUT2D eigenvalue weighted by Crippen LogP contribution is 2.25. The smallest absolute Gasteiger partial charge is 0.257 e. The van der Waals surface area contributed by atoms with E-state index in [0.29, 0.717) is 11.3 Å². The molecule has 0 spiro atoms. The maximum atomic E-state index is 11.8. The van der Waals surface area contributed by atoms with Crippen LogP contribution in [0.15, 0.2) is 23.1 Å². The van der Waals surface area contributed by atoms with Crippen molar-refractivity contribution in [1.82, 2.24) is 10.3 Å². The van der Waals surface area contributed by atoms with Gasteiger partial charge in [0, 0.05) is 5.69 Å². The van der Waals surface area contributed by atoms with Crippen molar-refractivity contribution < 1.29 is 13.2 Å². The summed E-state index contributed by atoms with van der Waals surface area (Å²) in [5.74, 6) is -0.159. The van der Waals surface area contributed by atoms with Crippen LogP contribution in [0.1, 0.15) is 5.56 Å². The molecule has 9 heteroatoms. The van der Waals surface area contributed by atoms with Crippen LogP contribution in [0.25, 0.3) is 0 Å². The predicted octanol–water partition coefficient (Wildman–Crippen LogP) is -0.792. The molecule has 0 saturated heterocycles. The van der Waals surface area contributed by atoms with Gasteiger partial charge in [0.2, 0.25) is 5.91 Å². The van der Waals surface area contributed by atoms with Crippen molar-refractivity contribution in [3.63, 3.8) is 0 Å². The van der Waals surface area contributed by atoms with E-state index >= 15 is 0 Å². The number of hydrogen-bond donors (Lipinski definition) is 4. The first-order chi connectivity index (χ1) is 8.38. The van der Waals surface area contributed by atoms with Gasteiger partial charge in [-0.3, -0.25) is 10.2 Å². The monoisotopic (exact) mass is 286 g/mol. The molecule has 0 saturated carbocycles. The summed E-state index contributed by atoms with van der Waals surface area (Å²) >= 11 is 4.49. The van der Waals surface area contributed by atoms with Crippen LogP contribution in [0, 0.1) is 0 Å². The molecule has 1 aliphatic heterocycles. The molecule has 1 aliphatic rings. The lowest BCUT2D eigenvalue weighted by Gasteiger charge is -2.08. The standard InChI is InChI=1S/C9H10N4O3S2/c10-9(17)12-13-18(15,16)6-1-2-7-5(3-6)4-8(14)11-7/h1-3,13H,4H2,(H,11,14)(H3,10,12,17). The van der Waals surface area contributed by atoms with Gasteiger partial charge in [0.05, 0.1) is 11.3 Å². The lowest BCUT2D eigenvalue weighted by molar-refractivity contribution is -0.115. The van der Waals surface area contributed by atoms with Crippen LogP contribution in [0.5, 0.6) is 0 Å². The van der Waals surface area contributed by atoms with Gasteiger partial charge in [0.15, 0.2) is 5.11 Å². The number of carbonyl (C=O) groups excluding carboxylic acids is 1. The zero-order valence-electron chi connectivity index (χ0n) is 9.06. The van der Waals surface area contributed by atoms with Crippen molar-refractivity contribution in [2.24, 2.45) is 5.73 Å². The molecule has 18 heavy (non-hydrogen) atoms. The van der Waals surface area contributed by atoms with E-state index < -0.39 is 10.0 Å². The van der Waals surface area contributed by atoms with Crippen molar-refractivity contribution in [1.29, 1.82) is 0 Å². The molecule has 0 aromatic heterocycles. The van der Waals surface area contributed by atoms with Gasteiger partial charge >= 0.3 is 0 Å². The lowest BCUT2D eigenvalue weighted by atomic mass is 10.2. The number of hydrazine groups is 1. The molecular weight excluding hydrogens is 276 g/mol. The van der Waals surface area contributed by atoms with E-state index in [2.05, 4.69) is 23.0 Å². The Kier molecular flexibility index (Phi) is 3.20. The van der Waals surface area contributed by atoms with Gasteiger partial charge in [-0.15, -0.1) is 4.83 Å². The van der Waals surface area contributed by atoms with Crippen LogP contribution in [-0.4, -0.2) is 19.4 Å². The zero-order chi connectivity index (χ0) is 13.3. The maximum absolute atomic E-state index is 11.8. The highest BCUT2D eigenvalue weighted by Gasteiger charge is 2.21. The second-order valence-corrected chi connectivity index (χ2v) is 5.76. The van der Waals surface area contributed by atoms with E-state index in [1.165, 1.54) is 18.2 Å². The number of rotatable bonds is 3. The van der Waals surface area contributed by atoms with Crippen molar-refractivity contribution in [2.75, 3.05) is 5.32 Å². The van der Waals surface area contributed by atoms with Crippen molar-refractivity contribution in [3.05, 3.63) is 23.8 Å². The summed E-state index contributed by atoms with van der Waals surface area (Å²) in [4.78, 5) is 13.2. The largest absolute Gasteiger partial charge is 0.375 e. The van der Waals surface area contributed by atoms with Crippen LogP contribution < -0.4 is 21.3 Å². The summed E-state index contributed by atoms with van der Waals surface area (Å²) in [6.45, 7) is 0. The summed E-state index contributed by atoms with van der Waals surface area (Å²) in [6, 6.07) is 4.35. The number of carbonyl (C=O) groups is 1. The van der Waals surface area contributed by atoms with Crippen molar-refractivity contribution in [3.8, 4) is 0 Å². The summed E-state index contributed by atoms with van der Waals surface area (Å²) in [5, 5.41) is 2.43. The van der Waals surface area contributed by atoms with Crippen LogP contribution in [0.2, 0.25) is 0 Å². The van der Waals surface area contributed by atoms with Gasteiger partial charge in [-0.2, -0.15) is 0 Å². The summed E-state index contributed by atoms with van der Waals surface area (Å²) < 4.78 is 23.6. The number of amides is 1. The van der Waals surface area contributed by atoms with Crippen LogP contribution in [0.3, 0.4) is 0 Å². The number of hydrogen-bond acceptors (Lipinski definition) is 4. The molecule has 2 rings (SSSR count). The van der Waals surface area contributed by atoms with Gasteiger partial charge in [-0.05, 0) is 36.0 Å². The molecular formula is C9H10N4O3S2. The Morgan fingerprint density at radius 2 is 2.17 bits per heavy atom. The molecule has 7 nitrogen and oxygen atoms in total. The van der Waals surface area contributed by atoms with E-state index in [1.54, 1.807) is 0 Å². The molecule has 1 amide bonds. The third-order valence-electron chi connectivity index (χ3n) is 2.32. The Balaban J connectivity index is 2.27. The second-order valence-electron chi connectivity index (χ2n) is 3.64. The molecule has 5 N–H and O–H groups in total. The first kappa shape index (κ1) is 12.7. The number of benzene rings is 1. The first-order valence-corrected chi connectivity index (χ1v) is 6.78. The van der Waals surface area contributed by atoms with E-state index in [1.807, 2.05) is 4.83 Å². The fraction of sp³-hybridized carbons (Fsp3) is 0.111. The van der Waals surface area contributed by atoms with E-state index in [9.17, 15) is 13.2 Å². The van der Waals surface area contributed by atoms with E-state index in [0.717, 1.165) is 0 Å². The van der Waals surface area contributed by atoms with Crippen molar-refractivity contribution in [2.45, 2.75) is 11.3 Å². The van der Waals surface area contributed by atoms with Gasteiger partial charge in [0.25, 0.3) is 10.0 Å². The minimum atomic E-state index is -3.76. The average molecular weight is 286 g/mol. The van der Waals surface area contributed by atoms with E-state index in [4.69, 9.17) is 5.73 Å². The third kappa shape index (κ3) is 2.58. The fourth-order valence-electron chi connectivity index (χ4n) is 1.55. The summed E-state index contributed by atoms with van der Waals surface area (Å²) in [6.07, 6.45) is 0.168. The average Bonchev–Trinajstić information content (AvgIpc) is 2.65. The Morgan fingerprint density at radius 1 is 1.44 bits per heavy atom. The van der Waals surface area contributed by atoms with Crippen LogP contribution >= 0.6 is 12.2 Å². The quantitative estimate of drug-likeness (QED) is 0.428. The molecule has 1 heterocycles. The van der Waals surface area contributed by atoms with Gasteiger partial charge in [-0.1, -0.05) is 0 Å². The summed E-state index contributed by atoms with van der Waals surface area (Å²) in [5.41, 5.74) is 8.54. The Bertz CT molecular complexity index is 627. The van der Waals surface area contributed by atoms with Crippen LogP contribution in [-0.2, 0) is 21.2 Å². The topological polar surface area (TPSA) is 113 Å². The lowest BCUT2D eigenvalue weighted by Crippen LogP contribution is -2.44. The van der Waals surface area contributed by atoms with Crippen LogP contribution in [0.4, 0.5) is 5.69 Å². The third-order valence-corrected chi connectivity index (χ3v) is 3.67. The summed E-state index contributed by atoms with van der Waals surface area (Å²) in [7, 11) is -3.76. The Morgan fingerprint density at radius 3 is 2.83 bits per heavy atom. The number of anilines is 1. The number of nitrogens with one attached hydrogen (secondary N) is 3. The highest BCUT2D eigenvalue weighted by atomic mass is 32.2. The number of nitrogens with two attached hydrogens (primary N) is 1. The van der Waals surface area contributed by atoms with Gasteiger partial charge in [0.1, 0.15) is 0 Å². The van der Waals surface area contributed by atoms with Crippen molar-refractivity contribution >= 4 is 38.9 Å². The number of thiocarbonyl (C=S) groups is 1. The normalized spacial score (nSPS) is 13.9. The molecule has 0 aliphatic carbocycles. The Labute approximate surface area is 109 Å². The SMILES string of the molecule is NC(=S)NNS(=O)(=O)c1ccc2c(c1)CC(=O)N2. The molecule has 0 bridgehead atoms. The highest BCUT2D eigenvalue weighted by molar-refractivity contribution is 7.89. The molecule has 96 valence electrons.